The Kier molecular flexibility index (Phi) is 8.26. The largest absolute Gasteiger partial charge is 0.492 e. The minimum atomic E-state index is 0.408. The Morgan fingerprint density at radius 2 is 1.95 bits per heavy atom. The van der Waals surface area contributed by atoms with Gasteiger partial charge in [0.1, 0.15) is 12.4 Å². The SMILES string of the molecule is CCNCc1ccc(OCCN(C)C(C)COC)cc1. The number of benzene rings is 1. The normalized spacial score (nSPS) is 12.7. The highest BCUT2D eigenvalue weighted by molar-refractivity contribution is 5.27. The predicted molar refractivity (Wildman–Crippen MR) is 83.3 cm³/mol. The minimum absolute atomic E-state index is 0.408. The summed E-state index contributed by atoms with van der Waals surface area (Å²) in [6.45, 7) is 8.49. The zero-order valence-electron chi connectivity index (χ0n) is 13.2. The van der Waals surface area contributed by atoms with E-state index in [2.05, 4.69) is 43.2 Å². The van der Waals surface area contributed by atoms with Crippen molar-refractivity contribution in [1.29, 1.82) is 0 Å². The van der Waals surface area contributed by atoms with Crippen molar-refractivity contribution < 1.29 is 9.47 Å². The summed E-state index contributed by atoms with van der Waals surface area (Å²) in [7, 11) is 3.82. The molecule has 0 bridgehead atoms. The Morgan fingerprint density at radius 3 is 2.55 bits per heavy atom. The molecule has 0 heterocycles. The molecule has 1 aromatic rings. The molecular formula is C16H28N2O2. The number of ether oxygens (including phenoxy) is 2. The molecule has 0 fully saturated rings. The second-order valence-corrected chi connectivity index (χ2v) is 5.06. The van der Waals surface area contributed by atoms with Gasteiger partial charge in [0.15, 0.2) is 0 Å². The first-order chi connectivity index (χ1) is 9.67. The molecule has 1 aromatic carbocycles. The van der Waals surface area contributed by atoms with Crippen molar-refractivity contribution in [3.63, 3.8) is 0 Å². The maximum absolute atomic E-state index is 5.76. The average molecular weight is 280 g/mol. The average Bonchev–Trinajstić information content (AvgIpc) is 2.46. The van der Waals surface area contributed by atoms with Crippen LogP contribution in [0.25, 0.3) is 0 Å². The van der Waals surface area contributed by atoms with Gasteiger partial charge in [0.05, 0.1) is 6.61 Å². The fourth-order valence-electron chi connectivity index (χ4n) is 1.87. The van der Waals surface area contributed by atoms with Crippen LogP contribution in [0.3, 0.4) is 0 Å². The molecule has 1 atom stereocenters. The van der Waals surface area contributed by atoms with E-state index in [-0.39, 0.29) is 0 Å². The first-order valence-electron chi connectivity index (χ1n) is 7.29. The molecule has 0 radical (unpaired) electrons. The Morgan fingerprint density at radius 1 is 1.25 bits per heavy atom. The third kappa shape index (κ3) is 6.37. The van der Waals surface area contributed by atoms with Gasteiger partial charge in [0, 0.05) is 26.2 Å². The molecule has 1 rings (SSSR count). The lowest BCUT2D eigenvalue weighted by atomic mass is 10.2. The molecule has 0 aliphatic carbocycles. The first kappa shape index (κ1) is 17.0. The number of methoxy groups -OCH3 is 1. The van der Waals surface area contributed by atoms with E-state index in [1.165, 1.54) is 5.56 Å². The lowest BCUT2D eigenvalue weighted by molar-refractivity contribution is 0.105. The van der Waals surface area contributed by atoms with Gasteiger partial charge >= 0.3 is 0 Å². The van der Waals surface area contributed by atoms with Crippen molar-refractivity contribution in [2.24, 2.45) is 0 Å². The maximum atomic E-state index is 5.76. The Hall–Kier alpha value is -1.10. The van der Waals surface area contributed by atoms with Crippen LogP contribution in [0.2, 0.25) is 0 Å². The first-order valence-corrected chi connectivity index (χ1v) is 7.29. The van der Waals surface area contributed by atoms with E-state index in [0.29, 0.717) is 12.6 Å². The maximum Gasteiger partial charge on any atom is 0.119 e. The summed E-state index contributed by atoms with van der Waals surface area (Å²) in [5.41, 5.74) is 1.28. The van der Waals surface area contributed by atoms with Crippen LogP contribution in [-0.4, -0.2) is 51.4 Å². The van der Waals surface area contributed by atoms with E-state index in [0.717, 1.165) is 32.0 Å². The quantitative estimate of drug-likeness (QED) is 0.712. The molecule has 1 N–H and O–H groups in total. The molecule has 0 saturated carbocycles. The van der Waals surface area contributed by atoms with Gasteiger partial charge in [-0.15, -0.1) is 0 Å². The number of hydrogen-bond donors (Lipinski definition) is 1. The van der Waals surface area contributed by atoms with Crippen LogP contribution in [0, 0.1) is 0 Å². The minimum Gasteiger partial charge on any atom is -0.492 e. The highest BCUT2D eigenvalue weighted by Crippen LogP contribution is 2.12. The van der Waals surface area contributed by atoms with E-state index in [1.54, 1.807) is 7.11 Å². The van der Waals surface area contributed by atoms with Crippen LogP contribution < -0.4 is 10.1 Å². The highest BCUT2D eigenvalue weighted by Gasteiger charge is 2.08. The van der Waals surface area contributed by atoms with Crippen molar-refractivity contribution in [3.05, 3.63) is 29.8 Å². The van der Waals surface area contributed by atoms with Gasteiger partial charge in [-0.3, -0.25) is 4.90 Å². The number of nitrogens with one attached hydrogen (secondary N) is 1. The van der Waals surface area contributed by atoms with Gasteiger partial charge in [0.2, 0.25) is 0 Å². The number of nitrogens with zero attached hydrogens (tertiary/aromatic N) is 1. The molecular weight excluding hydrogens is 252 g/mol. The van der Waals surface area contributed by atoms with Crippen LogP contribution >= 0.6 is 0 Å². The lowest BCUT2D eigenvalue weighted by Gasteiger charge is -2.23. The van der Waals surface area contributed by atoms with Crippen molar-refractivity contribution in [3.8, 4) is 5.75 Å². The van der Waals surface area contributed by atoms with E-state index < -0.39 is 0 Å². The molecule has 114 valence electrons. The lowest BCUT2D eigenvalue weighted by Crippen LogP contribution is -2.35. The highest BCUT2D eigenvalue weighted by atomic mass is 16.5. The molecule has 0 amide bonds. The summed E-state index contributed by atoms with van der Waals surface area (Å²) in [5, 5.41) is 3.31. The summed E-state index contributed by atoms with van der Waals surface area (Å²) >= 11 is 0. The smallest absolute Gasteiger partial charge is 0.119 e. The van der Waals surface area contributed by atoms with Crippen molar-refractivity contribution in [1.82, 2.24) is 10.2 Å². The molecule has 0 aliphatic heterocycles. The topological polar surface area (TPSA) is 33.7 Å². The standard InChI is InChI=1S/C16H28N2O2/c1-5-17-12-15-6-8-16(9-7-15)20-11-10-18(3)14(2)13-19-4/h6-9,14,17H,5,10-13H2,1-4H3. The molecule has 1 unspecified atom stereocenters. The van der Waals surface area contributed by atoms with Crippen LogP contribution in [0.15, 0.2) is 24.3 Å². The van der Waals surface area contributed by atoms with Crippen LogP contribution in [0.5, 0.6) is 5.75 Å². The van der Waals surface area contributed by atoms with E-state index in [9.17, 15) is 0 Å². The zero-order chi connectivity index (χ0) is 14.8. The van der Waals surface area contributed by atoms with Crippen LogP contribution in [0.4, 0.5) is 0 Å². The predicted octanol–water partition coefficient (Wildman–Crippen LogP) is 2.14. The molecule has 0 aromatic heterocycles. The molecule has 4 heteroatoms. The van der Waals surface area contributed by atoms with Crippen molar-refractivity contribution >= 4 is 0 Å². The summed E-state index contributed by atoms with van der Waals surface area (Å²) in [6.07, 6.45) is 0. The van der Waals surface area contributed by atoms with E-state index in [1.807, 2.05) is 12.1 Å². The van der Waals surface area contributed by atoms with Gasteiger partial charge < -0.3 is 14.8 Å². The van der Waals surface area contributed by atoms with Gasteiger partial charge in [-0.1, -0.05) is 19.1 Å². The van der Waals surface area contributed by atoms with Crippen LogP contribution in [-0.2, 0) is 11.3 Å². The summed E-state index contributed by atoms with van der Waals surface area (Å²) in [4.78, 5) is 2.24. The number of hydrogen-bond acceptors (Lipinski definition) is 4. The molecule has 4 nitrogen and oxygen atoms in total. The number of rotatable bonds is 10. The molecule has 20 heavy (non-hydrogen) atoms. The van der Waals surface area contributed by atoms with Gasteiger partial charge in [-0.05, 0) is 38.2 Å². The van der Waals surface area contributed by atoms with Crippen molar-refractivity contribution in [2.45, 2.75) is 26.4 Å². The Bertz CT molecular complexity index is 354. The fraction of sp³-hybridized carbons (Fsp3) is 0.625. The second-order valence-electron chi connectivity index (χ2n) is 5.06. The van der Waals surface area contributed by atoms with Gasteiger partial charge in [-0.2, -0.15) is 0 Å². The molecule has 0 aliphatic rings. The molecule has 0 spiro atoms. The van der Waals surface area contributed by atoms with E-state index in [4.69, 9.17) is 9.47 Å². The third-order valence-corrected chi connectivity index (χ3v) is 3.38. The van der Waals surface area contributed by atoms with Crippen molar-refractivity contribution in [2.75, 3.05) is 40.5 Å². The number of likely N-dealkylation sites (N-methyl/N-ethyl adjacent to an activating group) is 1. The summed E-state index contributed by atoms with van der Waals surface area (Å²) in [5.74, 6) is 0.929. The summed E-state index contributed by atoms with van der Waals surface area (Å²) in [6, 6.07) is 8.69. The second kappa shape index (κ2) is 9.75. The van der Waals surface area contributed by atoms with Gasteiger partial charge in [0.25, 0.3) is 0 Å². The fourth-order valence-corrected chi connectivity index (χ4v) is 1.87. The summed E-state index contributed by atoms with van der Waals surface area (Å²) < 4.78 is 10.9. The molecule has 0 saturated heterocycles. The van der Waals surface area contributed by atoms with Gasteiger partial charge in [-0.25, -0.2) is 0 Å². The third-order valence-electron chi connectivity index (χ3n) is 3.38. The van der Waals surface area contributed by atoms with E-state index >= 15 is 0 Å². The zero-order valence-corrected chi connectivity index (χ0v) is 13.2. The monoisotopic (exact) mass is 280 g/mol. The Labute approximate surface area is 123 Å². The van der Waals surface area contributed by atoms with Crippen LogP contribution in [0.1, 0.15) is 19.4 Å². The Balaban J connectivity index is 2.28.